The van der Waals surface area contributed by atoms with Crippen molar-refractivity contribution in [2.24, 2.45) is 0 Å². The summed E-state index contributed by atoms with van der Waals surface area (Å²) in [4.78, 5) is 4.06. The first-order valence-electron chi connectivity index (χ1n) is 6.97. The van der Waals surface area contributed by atoms with Gasteiger partial charge in [0.25, 0.3) is 0 Å². The average molecular weight is 391 g/mol. The summed E-state index contributed by atoms with van der Waals surface area (Å²) >= 11 is 3.50. The van der Waals surface area contributed by atoms with Crippen LogP contribution in [0.3, 0.4) is 0 Å². The highest BCUT2D eigenvalue weighted by atomic mass is 79.9. The molecule has 0 aliphatic carbocycles. The van der Waals surface area contributed by atoms with E-state index >= 15 is 0 Å². The molecular formula is C16H16BrN4OP. The van der Waals surface area contributed by atoms with E-state index in [-0.39, 0.29) is 0 Å². The van der Waals surface area contributed by atoms with Crippen molar-refractivity contribution in [1.29, 1.82) is 0 Å². The normalized spacial score (nSPS) is 11.6. The van der Waals surface area contributed by atoms with Crippen molar-refractivity contribution in [2.75, 3.05) is 19.1 Å². The third-order valence-electron chi connectivity index (χ3n) is 3.49. The molecule has 2 N–H and O–H groups in total. The molecule has 2 heterocycles. The zero-order valence-corrected chi connectivity index (χ0v) is 15.3. The smallest absolute Gasteiger partial charge is 0.124 e. The van der Waals surface area contributed by atoms with Crippen LogP contribution in [0.4, 0.5) is 5.82 Å². The molecule has 0 saturated carbocycles. The van der Waals surface area contributed by atoms with Crippen LogP contribution in [0.15, 0.2) is 53.3 Å². The molecule has 0 spiro atoms. The Hall–Kier alpha value is -1.91. The SMILES string of the molecule is CP(C)(=O)c1cccc(-n2nccc2-c2cc(N)ncc2Br)c1. The fraction of sp³-hybridized carbons (Fsp3) is 0.125. The monoisotopic (exact) mass is 390 g/mol. The zero-order valence-electron chi connectivity index (χ0n) is 12.8. The summed E-state index contributed by atoms with van der Waals surface area (Å²) in [7, 11) is -2.33. The second-order valence-corrected chi connectivity index (χ2v) is 9.66. The van der Waals surface area contributed by atoms with E-state index in [1.165, 1.54) is 0 Å². The van der Waals surface area contributed by atoms with Gasteiger partial charge in [0.2, 0.25) is 0 Å². The second-order valence-electron chi connectivity index (χ2n) is 5.59. The molecule has 0 aliphatic heterocycles. The van der Waals surface area contributed by atoms with Crippen LogP contribution in [0, 0.1) is 0 Å². The lowest BCUT2D eigenvalue weighted by Crippen LogP contribution is -2.07. The Labute approximate surface area is 143 Å². The first kappa shape index (κ1) is 16.0. The molecule has 7 heteroatoms. The van der Waals surface area contributed by atoms with Crippen molar-refractivity contribution in [3.05, 3.63) is 53.3 Å². The van der Waals surface area contributed by atoms with E-state index in [2.05, 4.69) is 26.0 Å². The van der Waals surface area contributed by atoms with Gasteiger partial charge in [-0.3, -0.25) is 0 Å². The quantitative estimate of drug-likeness (QED) is 0.694. The Kier molecular flexibility index (Phi) is 4.13. The van der Waals surface area contributed by atoms with Crippen molar-refractivity contribution in [1.82, 2.24) is 14.8 Å². The van der Waals surface area contributed by atoms with E-state index in [0.29, 0.717) is 5.82 Å². The summed E-state index contributed by atoms with van der Waals surface area (Å²) in [5.74, 6) is 0.441. The van der Waals surface area contributed by atoms with Gasteiger partial charge in [0, 0.05) is 21.5 Å². The van der Waals surface area contributed by atoms with Gasteiger partial charge in [-0.15, -0.1) is 0 Å². The Bertz CT molecular complexity index is 916. The van der Waals surface area contributed by atoms with Crippen molar-refractivity contribution in [3.63, 3.8) is 0 Å². The maximum Gasteiger partial charge on any atom is 0.124 e. The molecule has 0 aliphatic rings. The summed E-state index contributed by atoms with van der Waals surface area (Å²) in [5, 5.41) is 5.23. The summed E-state index contributed by atoms with van der Waals surface area (Å²) in [6, 6.07) is 11.3. The predicted molar refractivity (Wildman–Crippen MR) is 98.0 cm³/mol. The van der Waals surface area contributed by atoms with Crippen molar-refractivity contribution < 1.29 is 4.57 Å². The molecule has 0 atom stereocenters. The maximum absolute atomic E-state index is 12.3. The standard InChI is InChI=1S/C16H16BrN4OP/c1-23(2,22)12-5-3-4-11(8-12)21-15(6-7-20-21)13-9-16(18)19-10-14(13)17/h3-10H,1-2H3,(H2,18,19). The lowest BCUT2D eigenvalue weighted by atomic mass is 10.2. The number of nitrogens with zero attached hydrogens (tertiary/aromatic N) is 3. The van der Waals surface area contributed by atoms with Gasteiger partial charge in [-0.25, -0.2) is 9.67 Å². The predicted octanol–water partition coefficient (Wildman–Crippen LogP) is 3.53. The van der Waals surface area contributed by atoms with Crippen LogP contribution in [0.1, 0.15) is 0 Å². The number of hydrogen-bond donors (Lipinski definition) is 1. The van der Waals surface area contributed by atoms with Gasteiger partial charge in [-0.05, 0) is 53.5 Å². The summed E-state index contributed by atoms with van der Waals surface area (Å²) in [6.45, 7) is 3.52. The van der Waals surface area contributed by atoms with Gasteiger partial charge in [-0.1, -0.05) is 12.1 Å². The fourth-order valence-corrected chi connectivity index (χ4v) is 3.63. The third-order valence-corrected chi connectivity index (χ3v) is 5.64. The number of halogens is 1. The largest absolute Gasteiger partial charge is 0.384 e. The summed E-state index contributed by atoms with van der Waals surface area (Å²) < 4.78 is 15.0. The van der Waals surface area contributed by atoms with Gasteiger partial charge in [0.1, 0.15) is 13.0 Å². The number of anilines is 1. The number of benzene rings is 1. The van der Waals surface area contributed by atoms with Crippen LogP contribution in [-0.2, 0) is 4.57 Å². The Balaban J connectivity index is 2.16. The topological polar surface area (TPSA) is 73.8 Å². The highest BCUT2D eigenvalue weighted by Gasteiger charge is 2.15. The minimum atomic E-state index is -2.33. The average Bonchev–Trinajstić information content (AvgIpc) is 2.98. The van der Waals surface area contributed by atoms with E-state index in [4.69, 9.17) is 5.73 Å². The number of hydrogen-bond acceptors (Lipinski definition) is 4. The first-order chi connectivity index (χ1) is 10.9. The molecule has 1 aromatic carbocycles. The molecule has 118 valence electrons. The van der Waals surface area contributed by atoms with Crippen molar-refractivity contribution >= 4 is 34.2 Å². The number of aromatic nitrogens is 3. The summed E-state index contributed by atoms with van der Waals surface area (Å²) in [6.07, 6.45) is 3.40. The number of pyridine rings is 1. The Morgan fingerprint density at radius 1 is 1.22 bits per heavy atom. The molecule has 5 nitrogen and oxygen atoms in total. The first-order valence-corrected chi connectivity index (χ1v) is 10.4. The van der Waals surface area contributed by atoms with E-state index in [9.17, 15) is 4.57 Å². The number of nitrogen functional groups attached to an aromatic ring is 1. The third kappa shape index (κ3) is 3.23. The van der Waals surface area contributed by atoms with E-state index in [0.717, 1.165) is 26.7 Å². The Morgan fingerprint density at radius 2 is 2.00 bits per heavy atom. The van der Waals surface area contributed by atoms with Crippen molar-refractivity contribution in [2.45, 2.75) is 0 Å². The van der Waals surface area contributed by atoms with Crippen LogP contribution in [-0.4, -0.2) is 28.1 Å². The van der Waals surface area contributed by atoms with Gasteiger partial charge < -0.3 is 10.3 Å². The van der Waals surface area contributed by atoms with Crippen LogP contribution in [0.5, 0.6) is 0 Å². The van der Waals surface area contributed by atoms with Gasteiger partial charge in [0.05, 0.1) is 17.6 Å². The molecule has 0 amide bonds. The van der Waals surface area contributed by atoms with E-state index in [1.807, 2.05) is 30.3 Å². The number of nitrogens with two attached hydrogens (primary N) is 1. The minimum Gasteiger partial charge on any atom is -0.384 e. The highest BCUT2D eigenvalue weighted by Crippen LogP contribution is 2.35. The number of rotatable bonds is 3. The van der Waals surface area contributed by atoms with E-state index in [1.54, 1.807) is 36.5 Å². The molecule has 2 aromatic heterocycles. The van der Waals surface area contributed by atoms with E-state index < -0.39 is 7.14 Å². The Morgan fingerprint density at radius 3 is 2.74 bits per heavy atom. The molecule has 0 bridgehead atoms. The molecular weight excluding hydrogens is 375 g/mol. The van der Waals surface area contributed by atoms with Crippen LogP contribution in [0.2, 0.25) is 0 Å². The second kappa shape index (κ2) is 5.95. The molecule has 0 radical (unpaired) electrons. The molecule has 3 aromatic rings. The maximum atomic E-state index is 12.3. The molecule has 23 heavy (non-hydrogen) atoms. The zero-order chi connectivity index (χ0) is 16.6. The van der Waals surface area contributed by atoms with Crippen LogP contribution in [0.25, 0.3) is 16.9 Å². The van der Waals surface area contributed by atoms with Crippen LogP contribution < -0.4 is 11.0 Å². The van der Waals surface area contributed by atoms with Gasteiger partial charge in [0.15, 0.2) is 0 Å². The highest BCUT2D eigenvalue weighted by molar-refractivity contribution is 9.10. The molecule has 3 rings (SSSR count). The summed E-state index contributed by atoms with van der Waals surface area (Å²) in [5.41, 5.74) is 8.44. The van der Waals surface area contributed by atoms with Crippen molar-refractivity contribution in [3.8, 4) is 16.9 Å². The van der Waals surface area contributed by atoms with Crippen LogP contribution >= 0.6 is 23.1 Å². The molecule has 0 fully saturated rings. The minimum absolute atomic E-state index is 0.441. The van der Waals surface area contributed by atoms with Gasteiger partial charge in [-0.2, -0.15) is 5.10 Å². The lowest BCUT2D eigenvalue weighted by Gasteiger charge is -2.12. The fourth-order valence-electron chi connectivity index (χ4n) is 2.32. The lowest BCUT2D eigenvalue weighted by molar-refractivity contribution is 0.588. The molecule has 0 saturated heterocycles. The molecule has 0 unspecified atom stereocenters. The van der Waals surface area contributed by atoms with Gasteiger partial charge >= 0.3 is 0 Å².